The van der Waals surface area contributed by atoms with Gasteiger partial charge in [0.05, 0.1) is 11.9 Å². The van der Waals surface area contributed by atoms with Crippen molar-refractivity contribution in [2.24, 2.45) is 0 Å². The Balaban J connectivity index is 1.76. The van der Waals surface area contributed by atoms with Crippen LogP contribution in [0.3, 0.4) is 0 Å². The molecule has 0 saturated heterocycles. The van der Waals surface area contributed by atoms with Crippen molar-refractivity contribution in [3.8, 4) is 22.4 Å². The Labute approximate surface area is 155 Å². The minimum absolute atomic E-state index is 0.717. The number of halogens is 1. The molecule has 3 aromatic carbocycles. The number of benzene rings is 3. The third kappa shape index (κ3) is 2.37. The molecule has 26 heavy (non-hydrogen) atoms. The van der Waals surface area contributed by atoms with E-state index in [1.165, 1.54) is 10.8 Å². The molecule has 0 fully saturated rings. The first kappa shape index (κ1) is 15.1. The molecule has 0 saturated carbocycles. The fourth-order valence-electron chi connectivity index (χ4n) is 3.38. The molecule has 0 atom stereocenters. The summed E-state index contributed by atoms with van der Waals surface area (Å²) >= 11 is 6.02. The van der Waals surface area contributed by atoms with E-state index in [1.807, 2.05) is 47.2 Å². The van der Waals surface area contributed by atoms with Gasteiger partial charge in [-0.1, -0.05) is 66.2 Å². The fourth-order valence-corrected chi connectivity index (χ4v) is 3.50. The molecule has 0 spiro atoms. The fraction of sp³-hybridized carbons (Fsp3) is 0. The van der Waals surface area contributed by atoms with Crippen LogP contribution in [0, 0.1) is 0 Å². The van der Waals surface area contributed by atoms with Gasteiger partial charge >= 0.3 is 0 Å². The van der Waals surface area contributed by atoms with E-state index in [0.29, 0.717) is 0 Å². The molecule has 124 valence electrons. The van der Waals surface area contributed by atoms with Crippen molar-refractivity contribution in [2.45, 2.75) is 0 Å². The van der Waals surface area contributed by atoms with Gasteiger partial charge in [0.1, 0.15) is 0 Å². The second kappa shape index (κ2) is 5.97. The molecule has 2 heterocycles. The van der Waals surface area contributed by atoms with Crippen LogP contribution in [0.4, 0.5) is 0 Å². The minimum atomic E-state index is 0.717. The lowest BCUT2D eigenvalue weighted by atomic mass is 10.0. The van der Waals surface area contributed by atoms with Crippen molar-refractivity contribution < 1.29 is 0 Å². The largest absolute Gasteiger partial charge is 0.236 e. The molecule has 0 aliphatic rings. The highest BCUT2D eigenvalue weighted by Crippen LogP contribution is 2.31. The quantitative estimate of drug-likeness (QED) is 0.396. The van der Waals surface area contributed by atoms with Gasteiger partial charge in [-0.05, 0) is 34.5 Å². The van der Waals surface area contributed by atoms with Crippen LogP contribution in [-0.2, 0) is 0 Å². The van der Waals surface area contributed by atoms with E-state index in [0.717, 1.165) is 33.1 Å². The van der Waals surface area contributed by atoms with E-state index in [-0.39, 0.29) is 0 Å². The predicted molar refractivity (Wildman–Crippen MR) is 106 cm³/mol. The molecule has 3 nitrogen and oxygen atoms in total. The first-order valence-electron chi connectivity index (χ1n) is 8.38. The molecule has 2 aromatic heterocycles. The van der Waals surface area contributed by atoms with Crippen LogP contribution in [0.25, 0.3) is 38.8 Å². The summed E-state index contributed by atoms with van der Waals surface area (Å²) in [5.74, 6) is 0. The lowest BCUT2D eigenvalue weighted by molar-refractivity contribution is 0.949. The van der Waals surface area contributed by atoms with Gasteiger partial charge in [0.2, 0.25) is 0 Å². The van der Waals surface area contributed by atoms with Crippen molar-refractivity contribution in [1.29, 1.82) is 0 Å². The monoisotopic (exact) mass is 355 g/mol. The summed E-state index contributed by atoms with van der Waals surface area (Å²) in [6.07, 6.45) is 3.70. The van der Waals surface area contributed by atoms with E-state index in [1.54, 1.807) is 0 Å². The van der Waals surface area contributed by atoms with Gasteiger partial charge in [-0.25, -0.2) is 9.50 Å². The Bertz CT molecular complexity index is 1230. The van der Waals surface area contributed by atoms with Crippen LogP contribution in [0.1, 0.15) is 0 Å². The zero-order valence-electron chi connectivity index (χ0n) is 13.8. The average molecular weight is 356 g/mol. The second-order valence-corrected chi connectivity index (χ2v) is 6.59. The third-order valence-electron chi connectivity index (χ3n) is 4.62. The van der Waals surface area contributed by atoms with Gasteiger partial charge < -0.3 is 0 Å². The number of fused-ring (bicyclic) bond motifs is 2. The maximum Gasteiger partial charge on any atom is 0.163 e. The molecule has 0 aliphatic carbocycles. The zero-order chi connectivity index (χ0) is 17.5. The number of hydrogen-bond acceptors (Lipinski definition) is 2. The molecule has 0 unspecified atom stereocenters. The Kier molecular flexibility index (Phi) is 3.47. The normalized spacial score (nSPS) is 11.3. The van der Waals surface area contributed by atoms with Crippen LogP contribution in [0.15, 0.2) is 85.2 Å². The topological polar surface area (TPSA) is 30.2 Å². The molecular weight excluding hydrogens is 342 g/mol. The maximum absolute atomic E-state index is 6.02. The Morgan fingerprint density at radius 3 is 2.46 bits per heavy atom. The first-order chi connectivity index (χ1) is 12.8. The van der Waals surface area contributed by atoms with Gasteiger partial charge in [-0.2, -0.15) is 5.10 Å². The highest BCUT2D eigenvalue weighted by atomic mass is 35.5. The van der Waals surface area contributed by atoms with Crippen LogP contribution in [0.5, 0.6) is 0 Å². The van der Waals surface area contributed by atoms with Crippen LogP contribution in [0.2, 0.25) is 5.02 Å². The van der Waals surface area contributed by atoms with E-state index in [2.05, 4.69) is 52.5 Å². The molecule has 4 heteroatoms. The number of aromatic nitrogens is 3. The molecule has 0 aliphatic heterocycles. The van der Waals surface area contributed by atoms with E-state index < -0.39 is 0 Å². The first-order valence-corrected chi connectivity index (χ1v) is 8.76. The summed E-state index contributed by atoms with van der Waals surface area (Å²) in [7, 11) is 0. The summed E-state index contributed by atoms with van der Waals surface area (Å²) in [5, 5.41) is 7.75. The lowest BCUT2D eigenvalue weighted by Crippen LogP contribution is -1.96. The molecule has 0 N–H and O–H groups in total. The molecule has 0 radical (unpaired) electrons. The third-order valence-corrected chi connectivity index (χ3v) is 4.87. The van der Waals surface area contributed by atoms with Crippen molar-refractivity contribution in [1.82, 2.24) is 14.6 Å². The van der Waals surface area contributed by atoms with E-state index in [9.17, 15) is 0 Å². The van der Waals surface area contributed by atoms with Crippen molar-refractivity contribution in [3.05, 3.63) is 90.2 Å². The molecular formula is C22H14ClN3. The highest BCUT2D eigenvalue weighted by molar-refractivity contribution is 6.30. The molecule has 5 rings (SSSR count). The summed E-state index contributed by atoms with van der Waals surface area (Å²) in [6, 6.07) is 24.5. The van der Waals surface area contributed by atoms with E-state index in [4.69, 9.17) is 11.6 Å². The van der Waals surface area contributed by atoms with Gasteiger partial charge in [-0.15, -0.1) is 0 Å². The predicted octanol–water partition coefficient (Wildman–Crippen LogP) is 5.87. The smallest absolute Gasteiger partial charge is 0.163 e. The Morgan fingerprint density at radius 1 is 0.769 bits per heavy atom. The lowest BCUT2D eigenvalue weighted by Gasteiger charge is -2.09. The van der Waals surface area contributed by atoms with Crippen LogP contribution < -0.4 is 0 Å². The summed E-state index contributed by atoms with van der Waals surface area (Å²) in [5.41, 5.74) is 5.03. The molecule has 0 bridgehead atoms. The van der Waals surface area contributed by atoms with Crippen LogP contribution >= 0.6 is 11.6 Å². The minimum Gasteiger partial charge on any atom is -0.236 e. The second-order valence-electron chi connectivity index (χ2n) is 6.16. The van der Waals surface area contributed by atoms with Crippen molar-refractivity contribution in [3.63, 3.8) is 0 Å². The Morgan fingerprint density at radius 2 is 1.58 bits per heavy atom. The van der Waals surface area contributed by atoms with Crippen molar-refractivity contribution >= 4 is 28.0 Å². The number of hydrogen-bond donors (Lipinski definition) is 0. The summed E-state index contributed by atoms with van der Waals surface area (Å²) in [4.78, 5) is 4.57. The van der Waals surface area contributed by atoms with Gasteiger partial charge in [-0.3, -0.25) is 0 Å². The molecule has 5 aromatic rings. The highest BCUT2D eigenvalue weighted by Gasteiger charge is 2.13. The maximum atomic E-state index is 6.02. The number of rotatable bonds is 2. The zero-order valence-corrected chi connectivity index (χ0v) is 14.6. The Hall–Kier alpha value is -3.17. The number of nitrogens with zero attached hydrogens (tertiary/aromatic N) is 3. The van der Waals surface area contributed by atoms with Gasteiger partial charge in [0, 0.05) is 22.3 Å². The van der Waals surface area contributed by atoms with E-state index >= 15 is 0 Å². The standard InChI is InChI=1S/C22H14ClN3/c23-17-10-8-16(9-11-17)20-14-25-26-21(12-13-24-22(20)26)19-7-3-5-15-4-1-2-6-18(15)19/h1-14H. The summed E-state index contributed by atoms with van der Waals surface area (Å²) < 4.78 is 1.91. The van der Waals surface area contributed by atoms with Gasteiger partial charge in [0.25, 0.3) is 0 Å². The average Bonchev–Trinajstić information content (AvgIpc) is 3.12. The van der Waals surface area contributed by atoms with Gasteiger partial charge in [0.15, 0.2) is 5.65 Å². The summed E-state index contributed by atoms with van der Waals surface area (Å²) in [6.45, 7) is 0. The van der Waals surface area contributed by atoms with Crippen molar-refractivity contribution in [2.75, 3.05) is 0 Å². The SMILES string of the molecule is Clc1ccc(-c2cnn3c(-c4cccc5ccccc45)ccnc23)cc1. The van der Waals surface area contributed by atoms with Crippen LogP contribution in [-0.4, -0.2) is 14.6 Å². The molecule has 0 amide bonds.